The molecule has 0 unspecified atom stereocenters. The lowest BCUT2D eigenvalue weighted by atomic mass is 10.00. The summed E-state index contributed by atoms with van der Waals surface area (Å²) in [5.41, 5.74) is 5.17. The molecule has 128 valence electrons. The number of hydrogen-bond acceptors (Lipinski definition) is 4. The van der Waals surface area contributed by atoms with E-state index in [0.29, 0.717) is 22.9 Å². The largest absolute Gasteiger partial charge is 0.497 e. The molecule has 6 nitrogen and oxygen atoms in total. The Morgan fingerprint density at radius 2 is 2.16 bits per heavy atom. The van der Waals surface area contributed by atoms with Crippen LogP contribution >= 0.6 is 0 Å². The first-order valence-corrected chi connectivity index (χ1v) is 7.66. The third-order valence-electron chi connectivity index (χ3n) is 3.59. The Balaban J connectivity index is 2.10. The van der Waals surface area contributed by atoms with Crippen molar-refractivity contribution in [2.75, 3.05) is 19.0 Å². The van der Waals surface area contributed by atoms with Crippen molar-refractivity contribution < 1.29 is 13.9 Å². The second-order valence-corrected chi connectivity index (χ2v) is 5.44. The minimum absolute atomic E-state index is 0.211. The van der Waals surface area contributed by atoms with E-state index in [1.165, 1.54) is 19.1 Å². The highest BCUT2D eigenvalue weighted by Crippen LogP contribution is 2.27. The zero-order chi connectivity index (χ0) is 17.8. The normalized spacial score (nSPS) is 14.8. The number of amides is 1. The van der Waals surface area contributed by atoms with Crippen molar-refractivity contribution in [1.82, 2.24) is 5.43 Å². The van der Waals surface area contributed by atoms with Crippen LogP contribution in [0.3, 0.4) is 0 Å². The first-order chi connectivity index (χ1) is 12.1. The number of benzodiazepines with no additional fused rings is 1. The van der Waals surface area contributed by atoms with Gasteiger partial charge in [0, 0.05) is 23.7 Å². The smallest absolute Gasteiger partial charge is 0.237 e. The maximum absolute atomic E-state index is 13.7. The molecule has 0 aromatic heterocycles. The number of fused-ring (bicyclic) bond motifs is 1. The van der Waals surface area contributed by atoms with Gasteiger partial charge in [0.1, 0.15) is 17.4 Å². The van der Waals surface area contributed by atoms with Crippen molar-refractivity contribution in [3.05, 3.63) is 59.4 Å². The minimum Gasteiger partial charge on any atom is -0.497 e. The molecule has 0 radical (unpaired) electrons. The molecule has 0 fully saturated rings. The molecule has 2 N–H and O–H groups in total. The van der Waals surface area contributed by atoms with Gasteiger partial charge >= 0.3 is 0 Å². The molecule has 1 heterocycles. The predicted octanol–water partition coefficient (Wildman–Crippen LogP) is 2.55. The number of rotatable bonds is 3. The summed E-state index contributed by atoms with van der Waals surface area (Å²) in [6.45, 7) is 1.59. The van der Waals surface area contributed by atoms with Crippen LogP contribution in [0.4, 0.5) is 10.1 Å². The van der Waals surface area contributed by atoms with Gasteiger partial charge in [-0.15, -0.1) is 0 Å². The molecule has 0 saturated carbocycles. The average Bonchev–Trinajstić information content (AvgIpc) is 2.78. The maximum Gasteiger partial charge on any atom is 0.237 e. The topological polar surface area (TPSA) is 75.1 Å². The van der Waals surface area contributed by atoms with Gasteiger partial charge < -0.3 is 10.1 Å². The zero-order valence-corrected chi connectivity index (χ0v) is 13.8. The molecule has 1 aliphatic rings. The second kappa shape index (κ2) is 7.12. The van der Waals surface area contributed by atoms with E-state index in [9.17, 15) is 9.18 Å². The Morgan fingerprint density at radius 1 is 1.32 bits per heavy atom. The summed E-state index contributed by atoms with van der Waals surface area (Å²) in [6.07, 6.45) is 0. The standard InChI is InChI=1S/C18H17FN4O2/c1-11(24)22-23-17-10-20-18(12-4-3-5-13(19)8-12)15-9-14(25-2)6-7-16(15)21-17/h3-9H,10H2,1-2H3,(H,21,23)(H,22,24). The molecule has 1 aliphatic heterocycles. The molecule has 7 heteroatoms. The molecule has 0 atom stereocenters. The van der Waals surface area contributed by atoms with Crippen molar-refractivity contribution in [2.45, 2.75) is 6.92 Å². The lowest BCUT2D eigenvalue weighted by molar-refractivity contribution is -0.118. The fraction of sp³-hybridized carbons (Fsp3) is 0.167. The van der Waals surface area contributed by atoms with E-state index in [4.69, 9.17) is 4.74 Å². The number of anilines is 1. The summed E-state index contributed by atoms with van der Waals surface area (Å²) < 4.78 is 19.0. The summed E-state index contributed by atoms with van der Waals surface area (Å²) in [6, 6.07) is 11.7. The van der Waals surface area contributed by atoms with E-state index >= 15 is 0 Å². The molecule has 0 saturated heterocycles. The number of carbonyl (C=O) groups excluding carboxylic acids is 1. The molecule has 0 bridgehead atoms. The van der Waals surface area contributed by atoms with Crippen LogP contribution in [0.15, 0.2) is 52.6 Å². The van der Waals surface area contributed by atoms with Crippen LogP contribution in [0.25, 0.3) is 0 Å². The van der Waals surface area contributed by atoms with Crippen LogP contribution in [-0.4, -0.2) is 31.1 Å². The zero-order valence-electron chi connectivity index (χ0n) is 13.8. The first-order valence-electron chi connectivity index (χ1n) is 7.66. The average molecular weight is 340 g/mol. The quantitative estimate of drug-likeness (QED) is 0.843. The maximum atomic E-state index is 13.7. The molecular weight excluding hydrogens is 323 g/mol. The molecule has 0 aliphatic carbocycles. The SMILES string of the molecule is COc1ccc2c(c1)C(c1cccc(F)c1)=NC/C(=N/NC(C)=O)N2. The van der Waals surface area contributed by atoms with Gasteiger partial charge in [-0.2, -0.15) is 5.10 Å². The van der Waals surface area contributed by atoms with Gasteiger partial charge in [-0.05, 0) is 30.3 Å². The van der Waals surface area contributed by atoms with Gasteiger partial charge in [0.25, 0.3) is 0 Å². The summed E-state index contributed by atoms with van der Waals surface area (Å²) >= 11 is 0. The summed E-state index contributed by atoms with van der Waals surface area (Å²) in [5.74, 6) is 0.525. The van der Waals surface area contributed by atoms with Gasteiger partial charge in [0.05, 0.1) is 19.4 Å². The number of amidine groups is 1. The number of methoxy groups -OCH3 is 1. The molecule has 2 aromatic rings. The predicted molar refractivity (Wildman–Crippen MR) is 94.8 cm³/mol. The number of ether oxygens (including phenoxy) is 1. The number of nitrogens with one attached hydrogen (secondary N) is 2. The first kappa shape index (κ1) is 16.6. The number of hydrazone groups is 1. The van der Waals surface area contributed by atoms with Gasteiger partial charge in [0.2, 0.25) is 5.91 Å². The highest BCUT2D eigenvalue weighted by molar-refractivity contribution is 6.19. The van der Waals surface area contributed by atoms with Crippen molar-refractivity contribution in [1.29, 1.82) is 0 Å². The number of nitrogens with zero attached hydrogens (tertiary/aromatic N) is 2. The summed E-state index contributed by atoms with van der Waals surface area (Å²) in [4.78, 5) is 15.6. The summed E-state index contributed by atoms with van der Waals surface area (Å²) in [5, 5.41) is 7.18. The van der Waals surface area contributed by atoms with Crippen molar-refractivity contribution >= 4 is 23.1 Å². The monoisotopic (exact) mass is 340 g/mol. The Kier molecular flexibility index (Phi) is 4.74. The van der Waals surface area contributed by atoms with E-state index in [-0.39, 0.29) is 18.3 Å². The van der Waals surface area contributed by atoms with E-state index in [2.05, 4.69) is 20.8 Å². The second-order valence-electron chi connectivity index (χ2n) is 5.44. The Morgan fingerprint density at radius 3 is 2.88 bits per heavy atom. The third kappa shape index (κ3) is 3.82. The fourth-order valence-electron chi connectivity index (χ4n) is 2.48. The molecule has 1 amide bonds. The van der Waals surface area contributed by atoms with Crippen LogP contribution < -0.4 is 15.5 Å². The van der Waals surface area contributed by atoms with Crippen molar-refractivity contribution in [2.24, 2.45) is 10.1 Å². The van der Waals surface area contributed by atoms with E-state index < -0.39 is 0 Å². The Bertz CT molecular complexity index is 877. The van der Waals surface area contributed by atoms with Gasteiger partial charge in [-0.3, -0.25) is 9.79 Å². The summed E-state index contributed by atoms with van der Waals surface area (Å²) in [7, 11) is 1.58. The number of aliphatic imine (C=N–C) groups is 1. The van der Waals surface area contributed by atoms with Crippen molar-refractivity contribution in [3.63, 3.8) is 0 Å². The van der Waals surface area contributed by atoms with E-state index in [1.54, 1.807) is 25.3 Å². The highest BCUT2D eigenvalue weighted by Gasteiger charge is 2.18. The highest BCUT2D eigenvalue weighted by atomic mass is 19.1. The van der Waals surface area contributed by atoms with Crippen LogP contribution in [0.2, 0.25) is 0 Å². The molecule has 2 aromatic carbocycles. The fourth-order valence-corrected chi connectivity index (χ4v) is 2.48. The Hall–Kier alpha value is -3.22. The molecule has 0 spiro atoms. The third-order valence-corrected chi connectivity index (χ3v) is 3.59. The number of benzene rings is 2. The van der Waals surface area contributed by atoms with Crippen LogP contribution in [0, 0.1) is 5.82 Å². The van der Waals surface area contributed by atoms with Gasteiger partial charge in [0.15, 0.2) is 0 Å². The van der Waals surface area contributed by atoms with Crippen molar-refractivity contribution in [3.8, 4) is 5.75 Å². The number of hydrogen-bond donors (Lipinski definition) is 2. The lowest BCUT2D eigenvalue weighted by Crippen LogP contribution is -2.22. The minimum atomic E-state index is -0.339. The van der Waals surface area contributed by atoms with E-state index in [1.807, 2.05) is 12.1 Å². The lowest BCUT2D eigenvalue weighted by Gasteiger charge is -2.12. The van der Waals surface area contributed by atoms with Crippen LogP contribution in [-0.2, 0) is 4.79 Å². The van der Waals surface area contributed by atoms with Gasteiger partial charge in [-0.1, -0.05) is 12.1 Å². The van der Waals surface area contributed by atoms with E-state index in [0.717, 1.165) is 11.3 Å². The molecule has 3 rings (SSSR count). The van der Waals surface area contributed by atoms with Crippen LogP contribution in [0.5, 0.6) is 5.75 Å². The number of carbonyl (C=O) groups is 1. The Labute approximate surface area is 144 Å². The molecular formula is C18H17FN4O2. The van der Waals surface area contributed by atoms with Crippen LogP contribution in [0.1, 0.15) is 18.1 Å². The molecule has 25 heavy (non-hydrogen) atoms. The van der Waals surface area contributed by atoms with Gasteiger partial charge in [-0.25, -0.2) is 9.82 Å². The number of halogens is 1.